The van der Waals surface area contributed by atoms with Crippen molar-refractivity contribution in [3.8, 4) is 22.3 Å². The quantitative estimate of drug-likeness (QED) is 0.416. The zero-order valence-electron chi connectivity index (χ0n) is 15.1. The largest absolute Gasteiger partial charge is 0.422 e. The van der Waals surface area contributed by atoms with Crippen LogP contribution >= 0.6 is 0 Å². The number of alkyl halides is 3. The fourth-order valence-electron chi connectivity index (χ4n) is 3.86. The van der Waals surface area contributed by atoms with E-state index in [1.54, 1.807) is 6.07 Å². The summed E-state index contributed by atoms with van der Waals surface area (Å²) in [6.45, 7) is 2.10. The molecule has 5 heteroatoms. The Hall–Kier alpha value is -2.69. The molecule has 0 aliphatic heterocycles. The van der Waals surface area contributed by atoms with Crippen LogP contribution in [0.3, 0.4) is 0 Å². The Labute approximate surface area is 159 Å². The molecule has 0 saturated carbocycles. The zero-order valence-corrected chi connectivity index (χ0v) is 15.1. The maximum Gasteiger partial charge on any atom is 0.422 e. The van der Waals surface area contributed by atoms with Crippen molar-refractivity contribution in [1.82, 2.24) is 0 Å². The van der Waals surface area contributed by atoms with Crippen LogP contribution in [-0.4, -0.2) is 0 Å². The average molecular weight is 388 g/mol. The summed E-state index contributed by atoms with van der Waals surface area (Å²) in [5.41, 5.74) is 4.50. The third-order valence-corrected chi connectivity index (χ3v) is 5.30. The SMILES string of the molecule is CCc1ccc2c(c1)CCc1cc(-c3cc(F)c(C(F)(F)F)c(F)c3)ccc1-2. The van der Waals surface area contributed by atoms with Crippen LogP contribution in [0.15, 0.2) is 48.5 Å². The highest BCUT2D eigenvalue weighted by molar-refractivity contribution is 5.77. The van der Waals surface area contributed by atoms with E-state index in [9.17, 15) is 22.0 Å². The van der Waals surface area contributed by atoms with Gasteiger partial charge in [-0.25, -0.2) is 8.78 Å². The Morgan fingerprint density at radius 3 is 1.89 bits per heavy atom. The van der Waals surface area contributed by atoms with Gasteiger partial charge in [0.05, 0.1) is 0 Å². The predicted octanol–water partition coefficient (Wildman–Crippen LogP) is 6.98. The van der Waals surface area contributed by atoms with Crippen LogP contribution in [0, 0.1) is 11.6 Å². The van der Waals surface area contributed by atoms with Gasteiger partial charge in [0.15, 0.2) is 0 Å². The molecule has 0 heterocycles. The molecule has 0 aromatic heterocycles. The van der Waals surface area contributed by atoms with Gasteiger partial charge in [0.1, 0.15) is 17.2 Å². The average Bonchev–Trinajstić information content (AvgIpc) is 2.65. The molecular formula is C23H17F5. The second-order valence-electron chi connectivity index (χ2n) is 7.03. The second-order valence-corrected chi connectivity index (χ2v) is 7.03. The molecule has 0 radical (unpaired) electrons. The molecule has 3 aromatic carbocycles. The van der Waals surface area contributed by atoms with Crippen molar-refractivity contribution >= 4 is 0 Å². The van der Waals surface area contributed by atoms with Crippen molar-refractivity contribution in [1.29, 1.82) is 0 Å². The highest BCUT2D eigenvalue weighted by atomic mass is 19.4. The molecule has 0 saturated heterocycles. The van der Waals surface area contributed by atoms with Crippen LogP contribution in [-0.2, 0) is 25.4 Å². The lowest BCUT2D eigenvalue weighted by Crippen LogP contribution is -2.11. The van der Waals surface area contributed by atoms with E-state index >= 15 is 0 Å². The van der Waals surface area contributed by atoms with Gasteiger partial charge < -0.3 is 0 Å². The monoisotopic (exact) mass is 388 g/mol. The van der Waals surface area contributed by atoms with Crippen molar-refractivity contribution < 1.29 is 22.0 Å². The Kier molecular flexibility index (Phi) is 4.48. The molecule has 0 bridgehead atoms. The third-order valence-electron chi connectivity index (χ3n) is 5.30. The van der Waals surface area contributed by atoms with Crippen LogP contribution < -0.4 is 0 Å². The summed E-state index contributed by atoms with van der Waals surface area (Å²) in [5, 5.41) is 0. The Morgan fingerprint density at radius 1 is 0.750 bits per heavy atom. The van der Waals surface area contributed by atoms with Crippen LogP contribution in [0.5, 0.6) is 0 Å². The lowest BCUT2D eigenvalue weighted by molar-refractivity contribution is -0.142. The summed E-state index contributed by atoms with van der Waals surface area (Å²) in [6.07, 6.45) is -2.47. The van der Waals surface area contributed by atoms with E-state index < -0.39 is 23.4 Å². The Morgan fingerprint density at radius 2 is 1.32 bits per heavy atom. The van der Waals surface area contributed by atoms with Crippen molar-refractivity contribution in [3.63, 3.8) is 0 Å². The van der Waals surface area contributed by atoms with E-state index in [0.29, 0.717) is 5.56 Å². The molecule has 0 atom stereocenters. The molecule has 28 heavy (non-hydrogen) atoms. The molecule has 0 nitrogen and oxygen atoms in total. The van der Waals surface area contributed by atoms with Gasteiger partial charge in [-0.1, -0.05) is 43.3 Å². The van der Waals surface area contributed by atoms with Gasteiger partial charge >= 0.3 is 6.18 Å². The molecule has 144 valence electrons. The molecule has 4 rings (SSSR count). The predicted molar refractivity (Wildman–Crippen MR) is 99.0 cm³/mol. The van der Waals surface area contributed by atoms with Crippen molar-refractivity contribution in [2.75, 3.05) is 0 Å². The van der Waals surface area contributed by atoms with E-state index in [0.717, 1.165) is 48.1 Å². The molecule has 1 aliphatic carbocycles. The lowest BCUT2D eigenvalue weighted by atomic mass is 9.83. The van der Waals surface area contributed by atoms with E-state index in [4.69, 9.17) is 0 Å². The van der Waals surface area contributed by atoms with Crippen LogP contribution in [0.1, 0.15) is 29.2 Å². The zero-order chi connectivity index (χ0) is 20.1. The number of halogens is 5. The minimum atomic E-state index is -5.07. The number of rotatable bonds is 2. The smallest absolute Gasteiger partial charge is 0.206 e. The van der Waals surface area contributed by atoms with E-state index in [2.05, 4.69) is 25.1 Å². The lowest BCUT2D eigenvalue weighted by Gasteiger charge is -2.21. The van der Waals surface area contributed by atoms with Crippen molar-refractivity contribution in [2.24, 2.45) is 0 Å². The number of hydrogen-bond acceptors (Lipinski definition) is 0. The Bertz CT molecular complexity index is 1040. The molecule has 0 spiro atoms. The van der Waals surface area contributed by atoms with Gasteiger partial charge in [-0.05, 0) is 70.3 Å². The number of fused-ring (bicyclic) bond motifs is 3. The third kappa shape index (κ3) is 3.19. The molecule has 3 aromatic rings. The molecule has 1 aliphatic rings. The minimum absolute atomic E-state index is 0.0953. The number of benzene rings is 3. The maximum absolute atomic E-state index is 13.9. The van der Waals surface area contributed by atoms with E-state index in [1.807, 2.05) is 12.1 Å². The summed E-state index contributed by atoms with van der Waals surface area (Å²) in [4.78, 5) is 0. The van der Waals surface area contributed by atoms with Gasteiger partial charge in [0.2, 0.25) is 0 Å². The van der Waals surface area contributed by atoms with E-state index in [1.165, 1.54) is 11.1 Å². The fourth-order valence-corrected chi connectivity index (χ4v) is 3.86. The first kappa shape index (κ1) is 18.7. The van der Waals surface area contributed by atoms with Crippen LogP contribution in [0.2, 0.25) is 0 Å². The van der Waals surface area contributed by atoms with E-state index in [-0.39, 0.29) is 5.56 Å². The van der Waals surface area contributed by atoms with Crippen LogP contribution in [0.25, 0.3) is 22.3 Å². The highest BCUT2D eigenvalue weighted by Gasteiger charge is 2.38. The first-order valence-corrected chi connectivity index (χ1v) is 9.09. The minimum Gasteiger partial charge on any atom is -0.206 e. The van der Waals surface area contributed by atoms with Crippen molar-refractivity contribution in [3.05, 3.63) is 82.4 Å². The highest BCUT2D eigenvalue weighted by Crippen LogP contribution is 2.39. The van der Waals surface area contributed by atoms with Gasteiger partial charge in [-0.3, -0.25) is 0 Å². The summed E-state index contributed by atoms with van der Waals surface area (Å²) in [5.74, 6) is -3.20. The Balaban J connectivity index is 1.76. The van der Waals surface area contributed by atoms with Crippen LogP contribution in [0.4, 0.5) is 22.0 Å². The molecule has 0 fully saturated rings. The topological polar surface area (TPSA) is 0 Å². The number of aryl methyl sites for hydroxylation is 3. The first-order valence-electron chi connectivity index (χ1n) is 9.09. The summed E-state index contributed by atoms with van der Waals surface area (Å²) in [7, 11) is 0. The van der Waals surface area contributed by atoms with Gasteiger partial charge in [-0.15, -0.1) is 0 Å². The fraction of sp³-hybridized carbons (Fsp3) is 0.217. The van der Waals surface area contributed by atoms with Gasteiger partial charge in [0.25, 0.3) is 0 Å². The number of hydrogen-bond donors (Lipinski definition) is 0. The second kappa shape index (κ2) is 6.73. The maximum atomic E-state index is 13.9. The molecule has 0 amide bonds. The molecular weight excluding hydrogens is 371 g/mol. The standard InChI is InChI=1S/C23H17F5/c1-2-13-3-7-18-15(9-13)4-5-16-10-14(6-8-19(16)18)17-11-20(24)22(21(25)12-17)23(26,27)28/h3,6-12H,2,4-5H2,1H3. The molecule has 0 N–H and O–H groups in total. The van der Waals surface area contributed by atoms with Gasteiger partial charge in [0, 0.05) is 0 Å². The summed E-state index contributed by atoms with van der Waals surface area (Å²) >= 11 is 0. The molecule has 0 unspecified atom stereocenters. The first-order chi connectivity index (χ1) is 13.3. The van der Waals surface area contributed by atoms with Gasteiger partial charge in [-0.2, -0.15) is 13.2 Å². The van der Waals surface area contributed by atoms with Crippen molar-refractivity contribution in [2.45, 2.75) is 32.4 Å². The normalized spacial score (nSPS) is 13.2. The summed E-state index contributed by atoms with van der Waals surface area (Å²) < 4.78 is 66.2. The summed E-state index contributed by atoms with van der Waals surface area (Å²) in [6, 6.07) is 13.3.